The Labute approximate surface area is 223 Å². The van der Waals surface area contributed by atoms with Gasteiger partial charge >= 0.3 is 0 Å². The maximum absolute atomic E-state index is 12.5. The molecular weight excluding hydrogens is 464 g/mol. The average Bonchev–Trinajstić information content (AvgIpc) is 2.89. The van der Waals surface area contributed by atoms with Gasteiger partial charge in [0.15, 0.2) is 0 Å². The fourth-order valence-corrected chi connectivity index (χ4v) is 7.74. The van der Waals surface area contributed by atoms with E-state index < -0.39 is 10.1 Å². The van der Waals surface area contributed by atoms with E-state index in [4.69, 9.17) is 0 Å². The molecule has 0 saturated heterocycles. The largest absolute Gasteiger partial charge is 0.294 e. The molecule has 2 saturated carbocycles. The quantitative estimate of drug-likeness (QED) is 0.175. The summed E-state index contributed by atoms with van der Waals surface area (Å²) in [7, 11) is -4.21. The van der Waals surface area contributed by atoms with Crippen LogP contribution in [0.1, 0.15) is 177 Å². The number of hydrogen-bond acceptors (Lipinski definition) is 2. The Morgan fingerprint density at radius 3 is 1.56 bits per heavy atom. The van der Waals surface area contributed by atoms with Crippen LogP contribution in [0.15, 0.2) is 17.0 Å². The van der Waals surface area contributed by atoms with Crippen molar-refractivity contribution >= 4 is 10.1 Å². The first kappa shape index (κ1) is 29.7. The zero-order valence-electron chi connectivity index (χ0n) is 23.2. The van der Waals surface area contributed by atoms with Crippen molar-refractivity contribution in [2.75, 3.05) is 0 Å². The van der Waals surface area contributed by atoms with Gasteiger partial charge in [0, 0.05) is 0 Å². The van der Waals surface area contributed by atoms with E-state index in [9.17, 15) is 13.0 Å². The number of unbranched alkanes of at least 4 members (excludes halogenated alkanes) is 11. The average molecular weight is 519 g/mol. The molecule has 206 valence electrons. The maximum atomic E-state index is 12.5. The Bertz CT molecular complexity index is 848. The molecule has 36 heavy (non-hydrogen) atoms. The molecular formula is C32H54O3S. The van der Waals surface area contributed by atoms with E-state index >= 15 is 0 Å². The highest BCUT2D eigenvalue weighted by Gasteiger charge is 2.31. The minimum Gasteiger partial charge on any atom is -0.282 e. The lowest BCUT2D eigenvalue weighted by atomic mass is 9.73. The van der Waals surface area contributed by atoms with Gasteiger partial charge in [0.2, 0.25) is 0 Å². The molecule has 0 aliphatic heterocycles. The minimum atomic E-state index is -4.21. The van der Waals surface area contributed by atoms with Gasteiger partial charge < -0.3 is 0 Å². The van der Waals surface area contributed by atoms with Gasteiger partial charge in [-0.25, -0.2) is 0 Å². The van der Waals surface area contributed by atoms with Crippen LogP contribution < -0.4 is 0 Å². The van der Waals surface area contributed by atoms with E-state index in [0.29, 0.717) is 5.92 Å². The molecule has 0 radical (unpaired) electrons. The molecule has 0 aromatic heterocycles. The van der Waals surface area contributed by atoms with Crippen LogP contribution in [0.5, 0.6) is 0 Å². The Hall–Kier alpha value is -0.870. The first-order valence-corrected chi connectivity index (χ1v) is 17.1. The topological polar surface area (TPSA) is 54.4 Å². The van der Waals surface area contributed by atoms with Crippen molar-refractivity contribution in [3.8, 4) is 0 Å². The predicted molar refractivity (Wildman–Crippen MR) is 153 cm³/mol. The van der Waals surface area contributed by atoms with E-state index in [0.717, 1.165) is 24.8 Å². The molecule has 1 aromatic carbocycles. The molecule has 0 amide bonds. The van der Waals surface area contributed by atoms with Crippen LogP contribution in [0, 0.1) is 0 Å². The van der Waals surface area contributed by atoms with E-state index in [1.807, 2.05) is 0 Å². The van der Waals surface area contributed by atoms with Crippen LogP contribution in [0.2, 0.25) is 0 Å². The van der Waals surface area contributed by atoms with Crippen LogP contribution in [0.4, 0.5) is 0 Å². The van der Waals surface area contributed by atoms with E-state index in [-0.39, 0.29) is 10.8 Å². The van der Waals surface area contributed by atoms with Crippen molar-refractivity contribution in [1.82, 2.24) is 0 Å². The summed E-state index contributed by atoms with van der Waals surface area (Å²) in [6, 6.07) is 3.79. The lowest BCUT2D eigenvalue weighted by Gasteiger charge is -2.33. The first-order chi connectivity index (χ1) is 17.5. The Morgan fingerprint density at radius 1 is 0.639 bits per heavy atom. The third-order valence-corrected chi connectivity index (χ3v) is 9.85. The van der Waals surface area contributed by atoms with Crippen molar-refractivity contribution < 1.29 is 13.0 Å². The fraction of sp³-hybridized carbons (Fsp3) is 0.812. The molecule has 1 N–H and O–H groups in total. The SMILES string of the molecule is CCCCCCCCCCCCCCc1ccc(S(=O)(=O)O)c(C2CCCCC2)c1C1CCCCC1. The maximum Gasteiger partial charge on any atom is 0.294 e. The summed E-state index contributed by atoms with van der Waals surface area (Å²) in [6.45, 7) is 2.28. The van der Waals surface area contributed by atoms with Crippen molar-refractivity contribution in [3.63, 3.8) is 0 Å². The summed E-state index contributed by atoms with van der Waals surface area (Å²) in [4.78, 5) is 0.216. The van der Waals surface area contributed by atoms with E-state index in [2.05, 4.69) is 13.0 Å². The molecule has 3 rings (SSSR count). The van der Waals surface area contributed by atoms with Gasteiger partial charge in [-0.15, -0.1) is 0 Å². The van der Waals surface area contributed by atoms with Gasteiger partial charge in [-0.05, 0) is 73.1 Å². The molecule has 4 heteroatoms. The minimum absolute atomic E-state index is 0.216. The zero-order valence-corrected chi connectivity index (χ0v) is 24.1. The van der Waals surface area contributed by atoms with Crippen LogP contribution in [-0.2, 0) is 16.5 Å². The van der Waals surface area contributed by atoms with Gasteiger partial charge in [0.1, 0.15) is 0 Å². The Kier molecular flexibility index (Phi) is 13.3. The highest BCUT2D eigenvalue weighted by Crippen LogP contribution is 2.45. The monoisotopic (exact) mass is 518 g/mol. The zero-order chi connectivity index (χ0) is 25.6. The van der Waals surface area contributed by atoms with Gasteiger partial charge in [0.25, 0.3) is 10.1 Å². The van der Waals surface area contributed by atoms with Crippen LogP contribution in [-0.4, -0.2) is 13.0 Å². The van der Waals surface area contributed by atoms with Crippen LogP contribution in [0.3, 0.4) is 0 Å². The molecule has 0 bridgehead atoms. The third kappa shape index (κ3) is 9.46. The van der Waals surface area contributed by atoms with Crippen molar-refractivity contribution in [2.45, 2.75) is 171 Å². The molecule has 2 aliphatic rings. The summed E-state index contributed by atoms with van der Waals surface area (Å²) in [5.41, 5.74) is 3.72. The molecule has 0 spiro atoms. The van der Waals surface area contributed by atoms with Crippen LogP contribution >= 0.6 is 0 Å². The molecule has 3 nitrogen and oxygen atoms in total. The molecule has 1 aromatic rings. The number of aryl methyl sites for hydroxylation is 1. The summed E-state index contributed by atoms with van der Waals surface area (Å²) < 4.78 is 35.1. The van der Waals surface area contributed by atoms with Gasteiger partial charge in [-0.3, -0.25) is 4.55 Å². The van der Waals surface area contributed by atoms with Gasteiger partial charge in [0.05, 0.1) is 4.90 Å². The highest BCUT2D eigenvalue weighted by molar-refractivity contribution is 7.85. The summed E-state index contributed by atoms with van der Waals surface area (Å²) in [5.74, 6) is 0.749. The number of rotatable bonds is 16. The second kappa shape index (κ2) is 16.2. The molecule has 0 unspecified atom stereocenters. The highest BCUT2D eigenvalue weighted by atomic mass is 32.2. The second-order valence-electron chi connectivity index (χ2n) is 11.8. The number of benzene rings is 1. The molecule has 0 atom stereocenters. The molecule has 0 heterocycles. The van der Waals surface area contributed by atoms with Crippen molar-refractivity contribution in [3.05, 3.63) is 28.8 Å². The summed E-state index contributed by atoms with van der Waals surface area (Å²) in [6.07, 6.45) is 29.1. The standard InChI is InChI=1S/C32H54O3S/c1-2-3-4-5-6-7-8-9-10-11-12-15-24-29-25-26-30(36(33,34)35)32(28-22-18-14-19-23-28)31(29)27-20-16-13-17-21-27/h25-28H,2-24H2,1H3,(H,33,34,35). The van der Waals surface area contributed by atoms with Gasteiger partial charge in [-0.1, -0.05) is 122 Å². The summed E-state index contributed by atoms with van der Waals surface area (Å²) in [5, 5.41) is 0. The van der Waals surface area contributed by atoms with Crippen molar-refractivity contribution in [1.29, 1.82) is 0 Å². The Morgan fingerprint density at radius 2 is 1.08 bits per heavy atom. The van der Waals surface area contributed by atoms with E-state index in [1.54, 1.807) is 6.07 Å². The molecule has 2 aliphatic carbocycles. The fourth-order valence-electron chi connectivity index (χ4n) is 6.95. The lowest BCUT2D eigenvalue weighted by molar-refractivity contribution is 0.410. The molecule has 2 fully saturated rings. The second-order valence-corrected chi connectivity index (χ2v) is 13.2. The first-order valence-electron chi connectivity index (χ1n) is 15.7. The normalized spacial score (nSPS) is 18.1. The lowest BCUT2D eigenvalue weighted by Crippen LogP contribution is -2.18. The van der Waals surface area contributed by atoms with Gasteiger partial charge in [-0.2, -0.15) is 8.42 Å². The van der Waals surface area contributed by atoms with Crippen molar-refractivity contribution in [2.24, 2.45) is 0 Å². The predicted octanol–water partition coefficient (Wildman–Crippen LogP) is 10.3. The van der Waals surface area contributed by atoms with E-state index in [1.165, 1.54) is 140 Å². The third-order valence-electron chi connectivity index (χ3n) is 8.94. The number of hydrogen-bond donors (Lipinski definition) is 1. The Balaban J connectivity index is 1.60. The summed E-state index contributed by atoms with van der Waals surface area (Å²) >= 11 is 0. The van der Waals surface area contributed by atoms with Crippen LogP contribution in [0.25, 0.3) is 0 Å². The smallest absolute Gasteiger partial charge is 0.282 e.